The number of carbonyl (C=O) groups excluding carboxylic acids is 1. The van der Waals surface area contributed by atoms with Crippen LogP contribution in [0.25, 0.3) is 0 Å². The zero-order valence-electron chi connectivity index (χ0n) is 10.2. The second kappa shape index (κ2) is 5.25. The van der Waals surface area contributed by atoms with Crippen molar-refractivity contribution < 1.29 is 9.21 Å². The molecule has 1 aliphatic rings. The smallest absolute Gasteiger partial charge is 0.255 e. The third kappa shape index (κ3) is 2.73. The van der Waals surface area contributed by atoms with E-state index in [2.05, 4.69) is 35.1 Å². The second-order valence-electron chi connectivity index (χ2n) is 4.96. The molecule has 4 heteroatoms. The first kappa shape index (κ1) is 12.7. The van der Waals surface area contributed by atoms with Gasteiger partial charge in [-0.3, -0.25) is 4.79 Å². The van der Waals surface area contributed by atoms with Crippen molar-refractivity contribution in [2.75, 3.05) is 0 Å². The first-order valence-corrected chi connectivity index (χ1v) is 6.92. The summed E-state index contributed by atoms with van der Waals surface area (Å²) in [4.78, 5) is 12.0. The van der Waals surface area contributed by atoms with Crippen molar-refractivity contribution in [3.05, 3.63) is 22.6 Å². The summed E-state index contributed by atoms with van der Waals surface area (Å²) in [5.74, 6) is 1.18. The van der Waals surface area contributed by atoms with Crippen molar-refractivity contribution in [2.24, 2.45) is 11.8 Å². The van der Waals surface area contributed by atoms with Gasteiger partial charge in [0.25, 0.3) is 5.91 Å². The number of halogens is 1. The predicted molar refractivity (Wildman–Crippen MR) is 69.8 cm³/mol. The summed E-state index contributed by atoms with van der Waals surface area (Å²) >= 11 is 3.23. The van der Waals surface area contributed by atoms with E-state index in [9.17, 15) is 4.79 Å². The van der Waals surface area contributed by atoms with Crippen molar-refractivity contribution in [3.63, 3.8) is 0 Å². The molecule has 3 unspecified atom stereocenters. The number of rotatable bonds is 2. The highest BCUT2D eigenvalue weighted by atomic mass is 79.9. The molecule has 1 N–H and O–H groups in total. The maximum absolute atomic E-state index is 12.0. The van der Waals surface area contributed by atoms with Gasteiger partial charge in [-0.2, -0.15) is 0 Å². The lowest BCUT2D eigenvalue weighted by molar-refractivity contribution is 0.0889. The molecule has 0 aliphatic heterocycles. The van der Waals surface area contributed by atoms with Gasteiger partial charge < -0.3 is 9.73 Å². The first-order chi connectivity index (χ1) is 8.09. The molecule has 0 spiro atoms. The SMILES string of the molecule is CC1CCCC(NC(=O)c2ccoc2Br)C1C. The Balaban J connectivity index is 2.01. The Morgan fingerprint density at radius 3 is 2.88 bits per heavy atom. The van der Waals surface area contributed by atoms with Gasteiger partial charge in [0.15, 0.2) is 4.67 Å². The van der Waals surface area contributed by atoms with E-state index in [1.54, 1.807) is 6.07 Å². The molecule has 1 heterocycles. The van der Waals surface area contributed by atoms with Crippen LogP contribution in [-0.4, -0.2) is 11.9 Å². The van der Waals surface area contributed by atoms with E-state index >= 15 is 0 Å². The molecule has 3 atom stereocenters. The van der Waals surface area contributed by atoms with Gasteiger partial charge in [0, 0.05) is 6.04 Å². The minimum atomic E-state index is -0.0448. The zero-order valence-corrected chi connectivity index (χ0v) is 11.8. The van der Waals surface area contributed by atoms with Gasteiger partial charge in [-0.25, -0.2) is 0 Å². The Hall–Kier alpha value is -0.770. The third-order valence-corrected chi connectivity index (χ3v) is 4.50. The molecule has 1 aliphatic carbocycles. The Labute approximate surface area is 110 Å². The van der Waals surface area contributed by atoms with Gasteiger partial charge in [0.1, 0.15) is 0 Å². The van der Waals surface area contributed by atoms with Gasteiger partial charge in [-0.1, -0.05) is 26.7 Å². The van der Waals surface area contributed by atoms with Crippen molar-refractivity contribution >= 4 is 21.8 Å². The maximum Gasteiger partial charge on any atom is 0.255 e. The van der Waals surface area contributed by atoms with Crippen LogP contribution in [0.2, 0.25) is 0 Å². The molecule has 17 heavy (non-hydrogen) atoms. The molecule has 0 aromatic carbocycles. The summed E-state index contributed by atoms with van der Waals surface area (Å²) in [7, 11) is 0. The van der Waals surface area contributed by atoms with E-state index in [0.717, 1.165) is 6.42 Å². The van der Waals surface area contributed by atoms with Gasteiger partial charge in [0.05, 0.1) is 11.8 Å². The molecule has 1 aromatic heterocycles. The average Bonchev–Trinajstić information content (AvgIpc) is 2.71. The Morgan fingerprint density at radius 2 is 2.24 bits per heavy atom. The van der Waals surface area contributed by atoms with Crippen LogP contribution in [0.3, 0.4) is 0 Å². The molecule has 0 saturated heterocycles. The fourth-order valence-corrected chi connectivity index (χ4v) is 2.91. The summed E-state index contributed by atoms with van der Waals surface area (Å²) in [6.45, 7) is 4.48. The summed E-state index contributed by atoms with van der Waals surface area (Å²) in [5.41, 5.74) is 0.579. The largest absolute Gasteiger partial charge is 0.457 e. The summed E-state index contributed by atoms with van der Waals surface area (Å²) < 4.78 is 5.58. The van der Waals surface area contributed by atoms with E-state index in [1.807, 2.05) is 0 Å². The first-order valence-electron chi connectivity index (χ1n) is 6.13. The van der Waals surface area contributed by atoms with Crippen LogP contribution < -0.4 is 5.32 Å². The molecular formula is C13H18BrNO2. The van der Waals surface area contributed by atoms with E-state index in [-0.39, 0.29) is 11.9 Å². The number of carbonyl (C=O) groups is 1. The van der Waals surface area contributed by atoms with E-state index in [4.69, 9.17) is 4.42 Å². The van der Waals surface area contributed by atoms with E-state index in [1.165, 1.54) is 19.1 Å². The number of furan rings is 1. The molecule has 0 radical (unpaired) electrons. The summed E-state index contributed by atoms with van der Waals surface area (Å²) in [6, 6.07) is 1.98. The van der Waals surface area contributed by atoms with Crippen LogP contribution in [0, 0.1) is 11.8 Å². The Kier molecular flexibility index (Phi) is 3.92. The maximum atomic E-state index is 12.0. The van der Waals surface area contributed by atoms with Crippen molar-refractivity contribution in [3.8, 4) is 0 Å². The zero-order chi connectivity index (χ0) is 12.4. The molecular weight excluding hydrogens is 282 g/mol. The fourth-order valence-electron chi connectivity index (χ4n) is 2.49. The fraction of sp³-hybridized carbons (Fsp3) is 0.615. The van der Waals surface area contributed by atoms with Gasteiger partial charge >= 0.3 is 0 Å². The highest BCUT2D eigenvalue weighted by Crippen LogP contribution is 2.30. The Morgan fingerprint density at radius 1 is 1.47 bits per heavy atom. The third-order valence-electron chi connectivity index (χ3n) is 3.89. The van der Waals surface area contributed by atoms with Gasteiger partial charge in [-0.05, 0) is 40.3 Å². The van der Waals surface area contributed by atoms with Crippen molar-refractivity contribution in [1.82, 2.24) is 5.32 Å². The quantitative estimate of drug-likeness (QED) is 0.907. The average molecular weight is 300 g/mol. The van der Waals surface area contributed by atoms with Crippen LogP contribution in [0.1, 0.15) is 43.5 Å². The molecule has 1 fully saturated rings. The molecule has 2 rings (SSSR count). The van der Waals surface area contributed by atoms with Crippen LogP contribution in [0.5, 0.6) is 0 Å². The summed E-state index contributed by atoms with van der Waals surface area (Å²) in [6.07, 6.45) is 5.06. The Bertz CT molecular complexity index is 402. The molecule has 3 nitrogen and oxygen atoms in total. The molecule has 1 amide bonds. The topological polar surface area (TPSA) is 42.2 Å². The number of amides is 1. The van der Waals surface area contributed by atoms with E-state index < -0.39 is 0 Å². The van der Waals surface area contributed by atoms with Crippen LogP contribution in [-0.2, 0) is 0 Å². The number of hydrogen-bond donors (Lipinski definition) is 1. The van der Waals surface area contributed by atoms with Crippen molar-refractivity contribution in [2.45, 2.75) is 39.2 Å². The van der Waals surface area contributed by atoms with Crippen LogP contribution in [0.15, 0.2) is 21.4 Å². The van der Waals surface area contributed by atoms with E-state index in [0.29, 0.717) is 22.1 Å². The number of nitrogens with one attached hydrogen (secondary N) is 1. The van der Waals surface area contributed by atoms with Crippen LogP contribution in [0.4, 0.5) is 0 Å². The lowest BCUT2D eigenvalue weighted by atomic mass is 9.78. The van der Waals surface area contributed by atoms with Crippen LogP contribution >= 0.6 is 15.9 Å². The molecule has 1 aromatic rings. The highest BCUT2D eigenvalue weighted by Gasteiger charge is 2.28. The molecule has 1 saturated carbocycles. The second-order valence-corrected chi connectivity index (χ2v) is 5.68. The standard InChI is InChI=1S/C13H18BrNO2/c1-8-4-3-5-11(9(8)2)15-13(16)10-6-7-17-12(10)14/h6-9,11H,3-5H2,1-2H3,(H,15,16). The normalized spacial score (nSPS) is 29.0. The van der Waals surface area contributed by atoms with Crippen molar-refractivity contribution in [1.29, 1.82) is 0 Å². The molecule has 94 valence electrons. The minimum Gasteiger partial charge on any atom is -0.457 e. The minimum absolute atomic E-state index is 0.0448. The predicted octanol–water partition coefficient (Wildman–Crippen LogP) is 3.60. The van der Waals surface area contributed by atoms with Gasteiger partial charge in [0.2, 0.25) is 0 Å². The lowest BCUT2D eigenvalue weighted by Gasteiger charge is -2.34. The monoisotopic (exact) mass is 299 g/mol. The number of hydrogen-bond acceptors (Lipinski definition) is 2. The molecule has 0 bridgehead atoms. The van der Waals surface area contributed by atoms with Gasteiger partial charge in [-0.15, -0.1) is 0 Å². The highest BCUT2D eigenvalue weighted by molar-refractivity contribution is 9.10. The lowest BCUT2D eigenvalue weighted by Crippen LogP contribution is -2.43. The summed E-state index contributed by atoms with van der Waals surface area (Å²) in [5, 5.41) is 3.11.